The Morgan fingerprint density at radius 3 is 2.93 bits per heavy atom. The Kier molecular flexibility index (Phi) is 8.76. The van der Waals surface area contributed by atoms with E-state index in [1.807, 2.05) is 30.7 Å². The Labute approximate surface area is 172 Å². The summed E-state index contributed by atoms with van der Waals surface area (Å²) in [7, 11) is 1.63. The van der Waals surface area contributed by atoms with Gasteiger partial charge in [0, 0.05) is 50.7 Å². The zero-order valence-corrected chi connectivity index (χ0v) is 17.1. The van der Waals surface area contributed by atoms with Gasteiger partial charge < -0.3 is 29.2 Å². The minimum Gasteiger partial charge on any atom is -0.493 e. The van der Waals surface area contributed by atoms with Crippen molar-refractivity contribution in [3.8, 4) is 11.5 Å². The number of methoxy groups -OCH3 is 1. The molecule has 8 nitrogen and oxygen atoms in total. The number of nitrogens with one attached hydrogen (secondary N) is 1. The van der Waals surface area contributed by atoms with Crippen molar-refractivity contribution in [2.24, 2.45) is 0 Å². The second-order valence-electron chi connectivity index (χ2n) is 7.16. The number of aromatic nitrogens is 2. The first kappa shape index (κ1) is 21.6. The van der Waals surface area contributed by atoms with Crippen LogP contribution in [-0.2, 0) is 17.8 Å². The summed E-state index contributed by atoms with van der Waals surface area (Å²) in [5.41, 5.74) is 1.02. The fourth-order valence-electron chi connectivity index (χ4n) is 3.37. The second-order valence-corrected chi connectivity index (χ2v) is 7.16. The number of aliphatic hydroxyl groups excluding tert-OH is 1. The fraction of sp³-hybridized carbons (Fsp3) is 0.571. The van der Waals surface area contributed by atoms with Crippen LogP contribution in [0.2, 0.25) is 0 Å². The van der Waals surface area contributed by atoms with Gasteiger partial charge in [-0.25, -0.2) is 4.98 Å². The van der Waals surface area contributed by atoms with Gasteiger partial charge >= 0.3 is 0 Å². The van der Waals surface area contributed by atoms with Crippen molar-refractivity contribution in [2.45, 2.75) is 25.6 Å². The van der Waals surface area contributed by atoms with Crippen LogP contribution in [0.4, 0.5) is 0 Å². The molecule has 2 aromatic rings. The van der Waals surface area contributed by atoms with Crippen LogP contribution in [-0.4, -0.2) is 78.8 Å². The summed E-state index contributed by atoms with van der Waals surface area (Å²) >= 11 is 0. The zero-order chi connectivity index (χ0) is 20.3. The topological polar surface area (TPSA) is 81.0 Å². The Bertz CT molecular complexity index is 705. The fourth-order valence-corrected chi connectivity index (χ4v) is 3.37. The van der Waals surface area contributed by atoms with E-state index in [1.54, 1.807) is 13.3 Å². The molecule has 2 heterocycles. The molecule has 1 fully saturated rings. The first-order chi connectivity index (χ1) is 14.3. The van der Waals surface area contributed by atoms with Crippen LogP contribution in [0.15, 0.2) is 36.9 Å². The van der Waals surface area contributed by atoms with Crippen molar-refractivity contribution < 1.29 is 19.3 Å². The number of hydrogen-bond donors (Lipinski definition) is 2. The smallest absolute Gasteiger partial charge is 0.165 e. The van der Waals surface area contributed by atoms with Gasteiger partial charge in [-0.3, -0.25) is 4.90 Å². The van der Waals surface area contributed by atoms with Gasteiger partial charge in [-0.2, -0.15) is 0 Å². The van der Waals surface area contributed by atoms with E-state index >= 15 is 0 Å². The second kappa shape index (κ2) is 11.8. The van der Waals surface area contributed by atoms with Gasteiger partial charge in [0.1, 0.15) is 12.7 Å². The summed E-state index contributed by atoms with van der Waals surface area (Å²) in [6, 6.07) is 5.86. The quantitative estimate of drug-likeness (QED) is 0.514. The van der Waals surface area contributed by atoms with Gasteiger partial charge in [0.2, 0.25) is 0 Å². The maximum atomic E-state index is 10.4. The molecule has 160 valence electrons. The van der Waals surface area contributed by atoms with Gasteiger partial charge in [-0.15, -0.1) is 0 Å². The Balaban J connectivity index is 1.47. The number of aliphatic hydroxyl groups is 1. The highest BCUT2D eigenvalue weighted by Gasteiger charge is 2.17. The summed E-state index contributed by atoms with van der Waals surface area (Å²) in [6.07, 6.45) is 6.04. The average molecular weight is 405 g/mol. The van der Waals surface area contributed by atoms with Gasteiger partial charge in [0.05, 0.1) is 26.7 Å². The highest BCUT2D eigenvalue weighted by atomic mass is 16.5. The van der Waals surface area contributed by atoms with Crippen LogP contribution in [0.3, 0.4) is 0 Å². The predicted molar refractivity (Wildman–Crippen MR) is 110 cm³/mol. The van der Waals surface area contributed by atoms with Crippen molar-refractivity contribution in [2.75, 3.05) is 53.1 Å². The molecule has 0 saturated carbocycles. The maximum absolute atomic E-state index is 10.4. The van der Waals surface area contributed by atoms with Crippen LogP contribution in [0.1, 0.15) is 12.0 Å². The number of aryl methyl sites for hydroxylation is 1. The van der Waals surface area contributed by atoms with Crippen molar-refractivity contribution in [1.29, 1.82) is 0 Å². The largest absolute Gasteiger partial charge is 0.493 e. The number of rotatable bonds is 12. The first-order valence-corrected chi connectivity index (χ1v) is 10.2. The van der Waals surface area contributed by atoms with Crippen molar-refractivity contribution in [3.05, 3.63) is 42.5 Å². The van der Waals surface area contributed by atoms with Gasteiger partial charge in [0.25, 0.3) is 0 Å². The van der Waals surface area contributed by atoms with Crippen LogP contribution in [0, 0.1) is 0 Å². The van der Waals surface area contributed by atoms with E-state index in [-0.39, 0.29) is 6.61 Å². The van der Waals surface area contributed by atoms with Crippen LogP contribution in [0.25, 0.3) is 0 Å². The molecule has 0 bridgehead atoms. The molecule has 0 radical (unpaired) electrons. The summed E-state index contributed by atoms with van der Waals surface area (Å²) in [5.74, 6) is 1.37. The zero-order valence-electron chi connectivity index (χ0n) is 17.1. The molecule has 1 aliphatic heterocycles. The number of imidazole rings is 1. The molecule has 1 unspecified atom stereocenters. The Hall–Kier alpha value is -2.13. The molecule has 0 amide bonds. The summed E-state index contributed by atoms with van der Waals surface area (Å²) < 4.78 is 18.9. The molecular weight excluding hydrogens is 372 g/mol. The molecule has 1 saturated heterocycles. The Morgan fingerprint density at radius 1 is 1.31 bits per heavy atom. The van der Waals surface area contributed by atoms with Crippen LogP contribution >= 0.6 is 0 Å². The van der Waals surface area contributed by atoms with Gasteiger partial charge in [-0.05, 0) is 19.0 Å². The third-order valence-corrected chi connectivity index (χ3v) is 4.92. The standard InChI is InChI=1S/C21H32N4O4/c1-27-20-5-2-4-18(14-22-6-3-8-25-9-7-23-17-25)21(20)29-16-19(26)15-24-10-12-28-13-11-24/h2,4-5,7,9,17,19,22,26H,3,6,8,10-16H2,1H3. The van der Waals surface area contributed by atoms with Gasteiger partial charge in [-0.1, -0.05) is 12.1 Å². The number of morpholine rings is 1. The molecular formula is C21H32N4O4. The van der Waals surface area contributed by atoms with E-state index in [0.717, 1.165) is 51.4 Å². The number of hydrogen-bond acceptors (Lipinski definition) is 7. The average Bonchev–Trinajstić information content (AvgIpc) is 3.26. The summed E-state index contributed by atoms with van der Waals surface area (Å²) in [4.78, 5) is 6.25. The van der Waals surface area contributed by atoms with Crippen molar-refractivity contribution in [3.63, 3.8) is 0 Å². The van der Waals surface area contributed by atoms with E-state index in [1.165, 1.54) is 0 Å². The van der Waals surface area contributed by atoms with Crippen molar-refractivity contribution >= 4 is 0 Å². The summed E-state index contributed by atoms with van der Waals surface area (Å²) in [5, 5.41) is 13.8. The molecule has 0 spiro atoms. The molecule has 2 N–H and O–H groups in total. The van der Waals surface area contributed by atoms with Crippen LogP contribution < -0.4 is 14.8 Å². The molecule has 1 atom stereocenters. The Morgan fingerprint density at radius 2 is 2.17 bits per heavy atom. The minimum atomic E-state index is -0.561. The lowest BCUT2D eigenvalue weighted by Crippen LogP contribution is -2.42. The normalized spacial score (nSPS) is 15.9. The number of nitrogens with zero attached hydrogens (tertiary/aromatic N) is 3. The molecule has 29 heavy (non-hydrogen) atoms. The van der Waals surface area contributed by atoms with E-state index in [4.69, 9.17) is 14.2 Å². The minimum absolute atomic E-state index is 0.228. The molecule has 1 aromatic heterocycles. The molecule has 8 heteroatoms. The molecule has 0 aliphatic carbocycles. The van der Waals surface area contributed by atoms with E-state index < -0.39 is 6.10 Å². The first-order valence-electron chi connectivity index (χ1n) is 10.2. The number of β-amino-alcohol motifs (C(OH)–C–C–N with tert-alkyl or cyclic N) is 1. The van der Waals surface area contributed by atoms with Gasteiger partial charge in [0.15, 0.2) is 11.5 Å². The van der Waals surface area contributed by atoms with Crippen LogP contribution in [0.5, 0.6) is 11.5 Å². The lowest BCUT2D eigenvalue weighted by atomic mass is 10.1. The highest BCUT2D eigenvalue weighted by Crippen LogP contribution is 2.31. The number of ether oxygens (including phenoxy) is 3. The molecule has 1 aromatic carbocycles. The SMILES string of the molecule is COc1cccc(CNCCCn2ccnc2)c1OCC(O)CN1CCOCC1. The third-order valence-electron chi connectivity index (χ3n) is 4.92. The van der Waals surface area contributed by atoms with E-state index in [0.29, 0.717) is 24.6 Å². The predicted octanol–water partition coefficient (Wildman–Crippen LogP) is 1.14. The number of benzene rings is 1. The highest BCUT2D eigenvalue weighted by molar-refractivity contribution is 5.46. The van der Waals surface area contributed by atoms with E-state index in [9.17, 15) is 5.11 Å². The lowest BCUT2D eigenvalue weighted by Gasteiger charge is -2.28. The summed E-state index contributed by atoms with van der Waals surface area (Å²) in [6.45, 7) is 6.44. The third kappa shape index (κ3) is 7.01. The van der Waals surface area contributed by atoms with E-state index in [2.05, 4.69) is 19.8 Å². The molecule has 3 rings (SSSR count). The lowest BCUT2D eigenvalue weighted by molar-refractivity contribution is 0.00436. The number of para-hydroxylation sites is 1. The van der Waals surface area contributed by atoms with Crippen molar-refractivity contribution in [1.82, 2.24) is 19.8 Å². The maximum Gasteiger partial charge on any atom is 0.165 e. The molecule has 1 aliphatic rings. The monoisotopic (exact) mass is 404 g/mol.